The fourth-order valence-electron chi connectivity index (χ4n) is 3.73. The van der Waals surface area contributed by atoms with E-state index in [0.717, 1.165) is 11.8 Å². The van der Waals surface area contributed by atoms with Crippen molar-refractivity contribution in [2.75, 3.05) is 40.0 Å². The number of aromatic nitrogens is 3. The van der Waals surface area contributed by atoms with Crippen LogP contribution in [0.3, 0.4) is 0 Å². The first kappa shape index (κ1) is 33.3. The average Bonchev–Trinajstić information content (AvgIpc) is 3.32. The zero-order chi connectivity index (χ0) is 31.6. The molecule has 0 aliphatic rings. The zero-order valence-corrected chi connectivity index (χ0v) is 24.7. The van der Waals surface area contributed by atoms with Gasteiger partial charge in [0.2, 0.25) is 0 Å². The second-order valence-electron chi connectivity index (χ2n) is 8.87. The Kier molecular flexibility index (Phi) is 11.9. The third-order valence-electron chi connectivity index (χ3n) is 5.69. The SMILES string of the molecule is CCOC(=O)OCC(CN(C)C(=O)n1c(SCc2nccc(OCC(F)(F)F)c2C)nc2ccccc21)OC(=O)OCC. The molecule has 16 heteroatoms. The molecule has 0 radical (unpaired) electrons. The van der Waals surface area contributed by atoms with Gasteiger partial charge >= 0.3 is 24.5 Å². The molecule has 2 aromatic heterocycles. The molecule has 0 aliphatic carbocycles. The van der Waals surface area contributed by atoms with Crippen LogP contribution in [0, 0.1) is 6.92 Å². The minimum absolute atomic E-state index is 0.0462. The lowest BCUT2D eigenvalue weighted by Crippen LogP contribution is -2.41. The van der Waals surface area contributed by atoms with E-state index in [9.17, 15) is 27.6 Å². The summed E-state index contributed by atoms with van der Waals surface area (Å²) in [5, 5.41) is 0.284. The van der Waals surface area contributed by atoms with Gasteiger partial charge in [0, 0.05) is 24.6 Å². The van der Waals surface area contributed by atoms with E-state index in [1.165, 1.54) is 28.8 Å². The molecule has 43 heavy (non-hydrogen) atoms. The smallest absolute Gasteiger partial charge is 0.484 e. The number of fused-ring (bicyclic) bond motifs is 1. The molecule has 12 nitrogen and oxygen atoms in total. The van der Waals surface area contributed by atoms with Crippen LogP contribution in [0.25, 0.3) is 11.0 Å². The highest BCUT2D eigenvalue weighted by molar-refractivity contribution is 7.98. The Labute approximate surface area is 249 Å². The van der Waals surface area contributed by atoms with Gasteiger partial charge in [0.25, 0.3) is 0 Å². The number of benzene rings is 1. The number of likely N-dealkylation sites (N-methyl/N-ethyl adjacent to an activating group) is 1. The predicted octanol–water partition coefficient (Wildman–Crippen LogP) is 5.59. The van der Waals surface area contributed by atoms with E-state index < -0.39 is 43.8 Å². The Balaban J connectivity index is 1.82. The van der Waals surface area contributed by atoms with E-state index in [0.29, 0.717) is 22.3 Å². The first-order valence-electron chi connectivity index (χ1n) is 13.1. The Morgan fingerprint density at radius 2 is 1.74 bits per heavy atom. The van der Waals surface area contributed by atoms with Crippen molar-refractivity contribution < 1.29 is 51.2 Å². The highest BCUT2D eigenvalue weighted by Gasteiger charge is 2.29. The van der Waals surface area contributed by atoms with Gasteiger partial charge in [-0.2, -0.15) is 13.2 Å². The summed E-state index contributed by atoms with van der Waals surface area (Å²) in [5.41, 5.74) is 1.87. The number of halogens is 3. The van der Waals surface area contributed by atoms with Crippen molar-refractivity contribution in [3.63, 3.8) is 0 Å². The fraction of sp³-hybridized carbons (Fsp3) is 0.444. The van der Waals surface area contributed by atoms with Crippen LogP contribution in [0.15, 0.2) is 41.7 Å². The number of rotatable bonds is 12. The Morgan fingerprint density at radius 3 is 2.44 bits per heavy atom. The second-order valence-corrected chi connectivity index (χ2v) is 9.81. The first-order valence-corrected chi connectivity index (χ1v) is 14.0. The van der Waals surface area contributed by atoms with E-state index >= 15 is 0 Å². The standard InChI is InChI=1S/C27H31F3N4O8S/c1-5-38-25(36)40-14-18(42-26(37)39-6-2)13-33(4)24(35)34-21-10-8-7-9-19(21)32-23(34)43-15-20-17(3)22(11-12-31-20)41-16-27(28,29)30/h7-12,18H,5-6,13-16H2,1-4H3. The number of pyridine rings is 1. The van der Waals surface area contributed by atoms with Crippen LogP contribution in [0.2, 0.25) is 0 Å². The molecule has 3 rings (SSSR count). The van der Waals surface area contributed by atoms with Crippen LogP contribution in [0.5, 0.6) is 5.75 Å². The van der Waals surface area contributed by atoms with Crippen molar-refractivity contribution in [3.05, 3.63) is 47.8 Å². The molecule has 2 heterocycles. The number of carbonyl (C=O) groups excluding carboxylic acids is 3. The molecule has 0 aliphatic heterocycles. The number of hydrogen-bond donors (Lipinski definition) is 0. The van der Waals surface area contributed by atoms with Crippen LogP contribution in [-0.4, -0.2) is 90.1 Å². The number of nitrogens with zero attached hydrogens (tertiary/aromatic N) is 4. The summed E-state index contributed by atoms with van der Waals surface area (Å²) >= 11 is 1.15. The number of amides is 1. The van der Waals surface area contributed by atoms with Gasteiger partial charge in [-0.05, 0) is 39.0 Å². The van der Waals surface area contributed by atoms with E-state index in [-0.39, 0.29) is 36.4 Å². The summed E-state index contributed by atoms with van der Waals surface area (Å²) < 4.78 is 64.1. The van der Waals surface area contributed by atoms with Gasteiger partial charge in [0.15, 0.2) is 17.9 Å². The van der Waals surface area contributed by atoms with Gasteiger partial charge in [-0.15, -0.1) is 0 Å². The van der Waals surface area contributed by atoms with Gasteiger partial charge in [-0.3, -0.25) is 4.98 Å². The number of hydrogen-bond acceptors (Lipinski definition) is 11. The van der Waals surface area contributed by atoms with Crippen LogP contribution >= 0.6 is 11.8 Å². The number of thioether (sulfide) groups is 1. The summed E-state index contributed by atoms with van der Waals surface area (Å²) in [5.74, 6) is 0.210. The van der Waals surface area contributed by atoms with Crippen LogP contribution in [-0.2, 0) is 24.7 Å². The van der Waals surface area contributed by atoms with Gasteiger partial charge in [-0.25, -0.2) is 23.9 Å². The summed E-state index contributed by atoms with van der Waals surface area (Å²) in [4.78, 5) is 47.5. The summed E-state index contributed by atoms with van der Waals surface area (Å²) in [6.07, 6.45) is -6.21. The summed E-state index contributed by atoms with van der Waals surface area (Å²) in [6.45, 7) is 2.88. The lowest BCUT2D eigenvalue weighted by atomic mass is 10.2. The molecule has 0 saturated carbocycles. The monoisotopic (exact) mass is 628 g/mol. The highest BCUT2D eigenvalue weighted by Crippen LogP contribution is 2.30. The van der Waals surface area contributed by atoms with Crippen molar-refractivity contribution in [3.8, 4) is 5.75 Å². The highest BCUT2D eigenvalue weighted by atomic mass is 32.2. The normalized spacial score (nSPS) is 12.0. The number of ether oxygens (including phenoxy) is 5. The van der Waals surface area contributed by atoms with Crippen molar-refractivity contribution in [1.82, 2.24) is 19.4 Å². The molecular weight excluding hydrogens is 597 g/mol. The minimum Gasteiger partial charge on any atom is -0.484 e. The minimum atomic E-state index is -4.49. The Hall–Kier alpha value is -4.21. The molecule has 1 aromatic carbocycles. The van der Waals surface area contributed by atoms with Crippen molar-refractivity contribution >= 4 is 41.1 Å². The molecule has 0 saturated heterocycles. The number of carbonyl (C=O) groups is 3. The third kappa shape index (κ3) is 9.66. The zero-order valence-electron chi connectivity index (χ0n) is 23.9. The van der Waals surface area contributed by atoms with Gasteiger partial charge < -0.3 is 28.6 Å². The number of para-hydroxylation sites is 2. The molecule has 0 spiro atoms. The summed E-state index contributed by atoms with van der Waals surface area (Å²) in [6, 6.07) is 7.71. The van der Waals surface area contributed by atoms with Crippen LogP contribution in [0.4, 0.5) is 27.6 Å². The second kappa shape index (κ2) is 15.3. The molecule has 1 unspecified atom stereocenters. The lowest BCUT2D eigenvalue weighted by Gasteiger charge is -2.24. The average molecular weight is 629 g/mol. The largest absolute Gasteiger partial charge is 0.508 e. The Bertz CT molecular complexity index is 1420. The molecule has 234 valence electrons. The molecule has 0 bridgehead atoms. The Morgan fingerprint density at radius 1 is 1.05 bits per heavy atom. The summed E-state index contributed by atoms with van der Waals surface area (Å²) in [7, 11) is 1.46. The maximum atomic E-state index is 13.7. The number of imidazole rings is 1. The van der Waals surface area contributed by atoms with Crippen LogP contribution in [0.1, 0.15) is 25.1 Å². The maximum Gasteiger partial charge on any atom is 0.508 e. The van der Waals surface area contributed by atoms with E-state index in [1.807, 2.05) is 0 Å². The number of alkyl halides is 3. The van der Waals surface area contributed by atoms with E-state index in [4.69, 9.17) is 23.7 Å². The maximum absolute atomic E-state index is 13.7. The van der Waals surface area contributed by atoms with Crippen molar-refractivity contribution in [2.24, 2.45) is 0 Å². The fourth-order valence-corrected chi connectivity index (χ4v) is 4.75. The predicted molar refractivity (Wildman–Crippen MR) is 148 cm³/mol. The topological polar surface area (TPSA) is 131 Å². The van der Waals surface area contributed by atoms with Crippen molar-refractivity contribution in [2.45, 2.75) is 44.0 Å². The van der Waals surface area contributed by atoms with Gasteiger partial charge in [0.1, 0.15) is 12.4 Å². The van der Waals surface area contributed by atoms with Crippen LogP contribution < -0.4 is 4.74 Å². The van der Waals surface area contributed by atoms with E-state index in [2.05, 4.69) is 9.97 Å². The van der Waals surface area contributed by atoms with Gasteiger partial charge in [0.05, 0.1) is 36.5 Å². The molecular formula is C27H31F3N4O8S. The molecule has 3 aromatic rings. The molecule has 0 fully saturated rings. The molecule has 1 amide bonds. The quantitative estimate of drug-likeness (QED) is 0.184. The molecule has 1 atom stereocenters. The van der Waals surface area contributed by atoms with Gasteiger partial charge in [-0.1, -0.05) is 23.9 Å². The third-order valence-corrected chi connectivity index (χ3v) is 6.64. The lowest BCUT2D eigenvalue weighted by molar-refractivity contribution is -0.153. The molecule has 0 N–H and O–H groups in total. The first-order chi connectivity index (χ1) is 20.4. The van der Waals surface area contributed by atoms with Crippen molar-refractivity contribution in [1.29, 1.82) is 0 Å². The van der Waals surface area contributed by atoms with E-state index in [1.54, 1.807) is 45.0 Å².